The number of hydrogen-bond donors (Lipinski definition) is 2. The molecule has 2 N–H and O–H groups in total. The fraction of sp³-hybridized carbons (Fsp3) is 0.185. The molecule has 0 atom stereocenters. The van der Waals surface area contributed by atoms with Crippen LogP contribution in [0.4, 0.5) is 33.3 Å². The molecule has 2 aromatic carbocycles. The van der Waals surface area contributed by atoms with Crippen molar-refractivity contribution in [2.75, 3.05) is 15.8 Å². The van der Waals surface area contributed by atoms with Gasteiger partial charge in [0.2, 0.25) is 10.0 Å². The highest BCUT2D eigenvalue weighted by molar-refractivity contribution is 7.92. The number of aromatic nitrogens is 1. The number of sulfonamides is 1. The Bertz CT molecular complexity index is 1740. The third-order valence-electron chi connectivity index (χ3n) is 5.70. The van der Waals surface area contributed by atoms with Crippen LogP contribution in [0.15, 0.2) is 54.7 Å². The number of ether oxygens (including phenoxy) is 1. The molecule has 0 bridgehead atoms. The average molecular weight is 646 g/mol. The number of carbonyl (C=O) groups is 1. The molecule has 2 aromatic heterocycles. The Morgan fingerprint density at radius 2 is 1.69 bits per heavy atom. The number of nitrogens with zero attached hydrogens (tertiary/aromatic N) is 1. The molecule has 7 nitrogen and oxygen atoms in total. The summed E-state index contributed by atoms with van der Waals surface area (Å²) in [5, 5.41) is 2.77. The summed E-state index contributed by atoms with van der Waals surface area (Å²) in [4.78, 5) is 17.7. The first-order chi connectivity index (χ1) is 19.6. The number of pyridine rings is 1. The van der Waals surface area contributed by atoms with Gasteiger partial charge in [-0.1, -0.05) is 11.6 Å². The second-order valence-corrected chi connectivity index (χ2v) is 12.6. The average Bonchev–Trinajstić information content (AvgIpc) is 3.27. The molecule has 4 rings (SSSR count). The number of carbonyl (C=O) groups excluding carboxylic acids is 1. The van der Waals surface area contributed by atoms with Crippen LogP contribution in [0.5, 0.6) is 5.75 Å². The Hall–Kier alpha value is -3.75. The Morgan fingerprint density at radius 3 is 2.33 bits per heavy atom. The molecule has 42 heavy (non-hydrogen) atoms. The van der Waals surface area contributed by atoms with E-state index in [9.17, 15) is 35.2 Å². The number of amides is 1. The molecule has 0 radical (unpaired) electrons. The van der Waals surface area contributed by atoms with Gasteiger partial charge in [0.05, 0.1) is 21.9 Å². The maximum atomic E-state index is 13.6. The van der Waals surface area contributed by atoms with Gasteiger partial charge in [-0.2, -0.15) is 13.2 Å². The van der Waals surface area contributed by atoms with Gasteiger partial charge in [-0.25, -0.2) is 17.2 Å². The van der Waals surface area contributed by atoms with Gasteiger partial charge >= 0.3 is 6.18 Å². The van der Waals surface area contributed by atoms with Gasteiger partial charge in [-0.3, -0.25) is 14.5 Å². The Morgan fingerprint density at radius 1 is 1.02 bits per heavy atom. The van der Waals surface area contributed by atoms with E-state index in [0.29, 0.717) is 22.7 Å². The first-order valence-corrected chi connectivity index (χ1v) is 14.9. The number of rotatable bonds is 9. The normalized spacial score (nSPS) is 11.8. The Kier molecular flexibility index (Phi) is 9.09. The molecule has 1 amide bonds. The molecule has 0 aliphatic carbocycles. The molecule has 15 heteroatoms. The van der Waals surface area contributed by atoms with Gasteiger partial charge in [-0.15, -0.1) is 11.3 Å². The summed E-state index contributed by atoms with van der Waals surface area (Å²) in [6, 6.07) is 8.89. The highest BCUT2D eigenvalue weighted by Gasteiger charge is 2.32. The SMILES string of the molecule is CCS(=O)(=O)Nc1cc(Cl)cc(NC(=O)c2cc(-c3ncc(C(F)(F)F)cc3OCc3cc(F)cc(F)c3)c(C)s2)c1. The predicted molar refractivity (Wildman–Crippen MR) is 150 cm³/mol. The van der Waals surface area contributed by atoms with Gasteiger partial charge in [0.25, 0.3) is 5.91 Å². The third-order valence-corrected chi connectivity index (χ3v) is 8.28. The van der Waals surface area contributed by atoms with Crippen molar-refractivity contribution in [3.8, 4) is 17.0 Å². The summed E-state index contributed by atoms with van der Waals surface area (Å²) in [7, 11) is -3.61. The molecule has 0 spiro atoms. The summed E-state index contributed by atoms with van der Waals surface area (Å²) >= 11 is 7.11. The Balaban J connectivity index is 1.64. The molecule has 0 aliphatic heterocycles. The largest absolute Gasteiger partial charge is 0.487 e. The summed E-state index contributed by atoms with van der Waals surface area (Å²) in [6.45, 7) is 2.62. The van der Waals surface area contributed by atoms with E-state index >= 15 is 0 Å². The zero-order valence-electron chi connectivity index (χ0n) is 21.8. The van der Waals surface area contributed by atoms with Crippen molar-refractivity contribution in [3.63, 3.8) is 0 Å². The molecule has 0 saturated heterocycles. The highest BCUT2D eigenvalue weighted by atomic mass is 35.5. The number of alkyl halides is 3. The van der Waals surface area contributed by atoms with Gasteiger partial charge < -0.3 is 10.1 Å². The maximum Gasteiger partial charge on any atom is 0.418 e. The van der Waals surface area contributed by atoms with E-state index in [1.165, 1.54) is 31.2 Å². The lowest BCUT2D eigenvalue weighted by molar-refractivity contribution is -0.137. The summed E-state index contributed by atoms with van der Waals surface area (Å²) in [6.07, 6.45) is -4.13. The molecule has 0 aliphatic rings. The van der Waals surface area contributed by atoms with Crippen LogP contribution >= 0.6 is 22.9 Å². The number of hydrogen-bond acceptors (Lipinski definition) is 6. The molecule has 0 saturated carbocycles. The van der Waals surface area contributed by atoms with Crippen LogP contribution in [0.25, 0.3) is 11.3 Å². The first kappa shape index (κ1) is 31.2. The molecule has 2 heterocycles. The van der Waals surface area contributed by atoms with Crippen molar-refractivity contribution in [2.45, 2.75) is 26.6 Å². The van der Waals surface area contributed by atoms with E-state index in [4.69, 9.17) is 16.3 Å². The molecule has 222 valence electrons. The fourth-order valence-electron chi connectivity index (χ4n) is 3.76. The minimum Gasteiger partial charge on any atom is -0.487 e. The van der Waals surface area contributed by atoms with Crippen molar-refractivity contribution < 1.29 is 39.9 Å². The minimum absolute atomic E-state index is 0.0216. The smallest absolute Gasteiger partial charge is 0.418 e. The van der Waals surface area contributed by atoms with Crippen LogP contribution in [0, 0.1) is 18.6 Å². The summed E-state index contributed by atoms with van der Waals surface area (Å²) in [5.74, 6) is -2.86. The lowest BCUT2D eigenvalue weighted by atomic mass is 10.1. The van der Waals surface area contributed by atoms with Crippen molar-refractivity contribution in [2.24, 2.45) is 0 Å². The quantitative estimate of drug-likeness (QED) is 0.182. The number of thiophene rings is 1. The zero-order valence-corrected chi connectivity index (χ0v) is 24.2. The lowest BCUT2D eigenvalue weighted by Gasteiger charge is -2.14. The van der Waals surface area contributed by atoms with Crippen molar-refractivity contribution in [1.82, 2.24) is 4.98 Å². The minimum atomic E-state index is -4.75. The van der Waals surface area contributed by atoms with Crippen LogP contribution in [-0.2, 0) is 22.8 Å². The van der Waals surface area contributed by atoms with E-state index in [1.54, 1.807) is 6.92 Å². The topological polar surface area (TPSA) is 97.4 Å². The number of anilines is 2. The monoisotopic (exact) mass is 645 g/mol. The molecule has 0 fully saturated rings. The van der Waals surface area contributed by atoms with Crippen LogP contribution in [0.1, 0.15) is 32.6 Å². The summed E-state index contributed by atoms with van der Waals surface area (Å²) < 4.78 is 99.3. The van der Waals surface area contributed by atoms with Crippen molar-refractivity contribution in [1.29, 1.82) is 0 Å². The Labute approximate surface area is 246 Å². The molecular formula is C27H21ClF5N3O4S2. The highest BCUT2D eigenvalue weighted by Crippen LogP contribution is 2.39. The number of benzene rings is 2. The van der Waals surface area contributed by atoms with Crippen molar-refractivity contribution in [3.05, 3.63) is 92.3 Å². The van der Waals surface area contributed by atoms with Gasteiger partial charge in [0.1, 0.15) is 29.7 Å². The predicted octanol–water partition coefficient (Wildman–Crippen LogP) is 7.66. The maximum absolute atomic E-state index is 13.6. The van der Waals surface area contributed by atoms with Crippen LogP contribution in [-0.4, -0.2) is 25.1 Å². The van der Waals surface area contributed by atoms with E-state index in [1.807, 2.05) is 0 Å². The third kappa shape index (κ3) is 7.75. The van der Waals surface area contributed by atoms with E-state index in [-0.39, 0.29) is 44.0 Å². The second kappa shape index (κ2) is 12.2. The molecule has 4 aromatic rings. The van der Waals surface area contributed by atoms with Crippen LogP contribution in [0.3, 0.4) is 0 Å². The molecule has 0 unspecified atom stereocenters. The number of halogens is 6. The van der Waals surface area contributed by atoms with E-state index in [0.717, 1.165) is 29.5 Å². The van der Waals surface area contributed by atoms with Crippen LogP contribution in [0.2, 0.25) is 5.02 Å². The first-order valence-electron chi connectivity index (χ1n) is 12.0. The second-order valence-electron chi connectivity index (χ2n) is 8.90. The van der Waals surface area contributed by atoms with Crippen molar-refractivity contribution >= 4 is 50.2 Å². The van der Waals surface area contributed by atoms with E-state index < -0.39 is 45.9 Å². The fourth-order valence-corrected chi connectivity index (χ4v) is 5.53. The van der Waals surface area contributed by atoms with Crippen LogP contribution < -0.4 is 14.8 Å². The van der Waals surface area contributed by atoms with E-state index in [2.05, 4.69) is 15.0 Å². The van der Waals surface area contributed by atoms with Gasteiger partial charge in [0.15, 0.2) is 0 Å². The molecular weight excluding hydrogens is 625 g/mol. The summed E-state index contributed by atoms with van der Waals surface area (Å²) in [5.41, 5.74) is -0.467. The number of aryl methyl sites for hydroxylation is 1. The van der Waals surface area contributed by atoms with Gasteiger partial charge in [0, 0.05) is 33.4 Å². The number of nitrogens with one attached hydrogen (secondary N) is 2. The lowest BCUT2D eigenvalue weighted by Crippen LogP contribution is -2.15. The standard InChI is InChI=1S/C27H21ClF5N3O4S2/c1-3-42(38,39)36-21-8-17(28)7-20(10-21)35-26(37)24-11-22(14(2)41-24)25-23(6-16(12-34-25)27(31,32)33)40-13-15-4-18(29)9-19(30)5-15/h4-12,36H,3,13H2,1-2H3,(H,35,37). The van der Waals surface area contributed by atoms with Gasteiger partial charge in [-0.05, 0) is 61.9 Å². The zero-order chi connectivity index (χ0) is 30.8.